The normalized spacial score (nSPS) is 13.0. The third-order valence-electron chi connectivity index (χ3n) is 1.48. The van der Waals surface area contributed by atoms with Crippen molar-refractivity contribution in [3.8, 4) is 0 Å². The lowest BCUT2D eigenvalue weighted by Gasteiger charge is -2.00. The molecule has 0 aromatic carbocycles. The van der Waals surface area contributed by atoms with Gasteiger partial charge in [-0.15, -0.1) is 0 Å². The standard InChI is InChI=1S/C5H14B2/c1-5(7-3)4-6-2/h5-7H,4H2,1-3H3/t5-/m1/s1. The van der Waals surface area contributed by atoms with E-state index < -0.39 is 0 Å². The molecule has 0 rings (SSSR count). The van der Waals surface area contributed by atoms with Crippen molar-refractivity contribution in [2.24, 2.45) is 0 Å². The molecule has 7 heavy (non-hydrogen) atoms. The molecule has 0 nitrogen and oxygen atoms in total. The van der Waals surface area contributed by atoms with Gasteiger partial charge >= 0.3 is 0 Å². The summed E-state index contributed by atoms with van der Waals surface area (Å²) in [6, 6.07) is 0. The van der Waals surface area contributed by atoms with Crippen molar-refractivity contribution in [2.75, 3.05) is 0 Å². The highest BCUT2D eigenvalue weighted by Crippen LogP contribution is 2.05. The van der Waals surface area contributed by atoms with Gasteiger partial charge in [-0.25, -0.2) is 0 Å². The fourth-order valence-corrected chi connectivity index (χ4v) is 0.697. The molecule has 0 heterocycles. The lowest BCUT2D eigenvalue weighted by molar-refractivity contribution is 1.05. The first-order chi connectivity index (χ1) is 3.31. The Morgan fingerprint density at radius 3 is 2.14 bits per heavy atom. The molecule has 1 atom stereocenters. The minimum Gasteiger partial charge on any atom is -0.0894 e. The number of hydrogen-bond acceptors (Lipinski definition) is 0. The molecule has 0 amide bonds. The zero-order chi connectivity index (χ0) is 5.70. The summed E-state index contributed by atoms with van der Waals surface area (Å²) < 4.78 is 0. The number of hydrogen-bond donors (Lipinski definition) is 0. The van der Waals surface area contributed by atoms with Crippen molar-refractivity contribution in [3.05, 3.63) is 0 Å². The van der Waals surface area contributed by atoms with Gasteiger partial charge in [0.1, 0.15) is 14.6 Å². The van der Waals surface area contributed by atoms with E-state index in [2.05, 4.69) is 20.6 Å². The minimum absolute atomic E-state index is 0.949. The molecular weight excluding hydrogens is 81.7 g/mol. The fourth-order valence-electron chi connectivity index (χ4n) is 0.697. The van der Waals surface area contributed by atoms with E-state index >= 15 is 0 Å². The predicted molar refractivity (Wildman–Crippen MR) is 40.3 cm³/mol. The maximum atomic E-state index is 2.31. The van der Waals surface area contributed by atoms with Crippen LogP contribution < -0.4 is 0 Å². The zero-order valence-corrected chi connectivity index (χ0v) is 5.70. The van der Waals surface area contributed by atoms with E-state index in [4.69, 9.17) is 0 Å². The third-order valence-corrected chi connectivity index (χ3v) is 1.48. The molecular formula is C5H14B2. The summed E-state index contributed by atoms with van der Waals surface area (Å²) in [5.74, 6) is 0.949. The van der Waals surface area contributed by atoms with E-state index in [-0.39, 0.29) is 0 Å². The van der Waals surface area contributed by atoms with Gasteiger partial charge in [0.15, 0.2) is 0 Å². The molecule has 0 saturated carbocycles. The summed E-state index contributed by atoms with van der Waals surface area (Å²) in [5.41, 5.74) is 0. The van der Waals surface area contributed by atoms with Gasteiger partial charge in [-0.3, -0.25) is 0 Å². The Kier molecular flexibility index (Phi) is 4.37. The first-order valence-electron chi connectivity index (χ1n) is 3.31. The van der Waals surface area contributed by atoms with E-state index in [9.17, 15) is 0 Å². The summed E-state index contributed by atoms with van der Waals surface area (Å²) >= 11 is 0. The van der Waals surface area contributed by atoms with Crippen molar-refractivity contribution >= 4 is 14.6 Å². The van der Waals surface area contributed by atoms with Gasteiger partial charge in [-0.05, 0) is 0 Å². The second-order valence-corrected chi connectivity index (χ2v) is 2.30. The van der Waals surface area contributed by atoms with Gasteiger partial charge in [0.05, 0.1) is 0 Å². The van der Waals surface area contributed by atoms with Crippen LogP contribution in [0.5, 0.6) is 0 Å². The fraction of sp³-hybridized carbons (Fsp3) is 1.00. The lowest BCUT2D eigenvalue weighted by atomic mass is 9.58. The highest BCUT2D eigenvalue weighted by Gasteiger charge is 1.95. The SMILES string of the molecule is CBC[C@@H](C)BC. The monoisotopic (exact) mass is 96.1 g/mol. The molecule has 0 aliphatic rings. The van der Waals surface area contributed by atoms with Gasteiger partial charge < -0.3 is 0 Å². The van der Waals surface area contributed by atoms with Crippen LogP contribution in [0.3, 0.4) is 0 Å². The molecule has 0 fully saturated rings. The van der Waals surface area contributed by atoms with Crippen LogP contribution in [0.1, 0.15) is 6.92 Å². The Labute approximate surface area is 48.2 Å². The van der Waals surface area contributed by atoms with Crippen molar-refractivity contribution in [1.29, 1.82) is 0 Å². The zero-order valence-electron chi connectivity index (χ0n) is 5.70. The van der Waals surface area contributed by atoms with Crippen LogP contribution in [-0.4, -0.2) is 14.6 Å². The summed E-state index contributed by atoms with van der Waals surface area (Å²) in [7, 11) is 2.68. The molecule has 0 saturated heterocycles. The van der Waals surface area contributed by atoms with Gasteiger partial charge in [0, 0.05) is 0 Å². The summed E-state index contributed by atoms with van der Waals surface area (Å²) in [4.78, 5) is 0. The molecule has 0 unspecified atom stereocenters. The summed E-state index contributed by atoms with van der Waals surface area (Å²) in [5, 5.41) is 0. The third kappa shape index (κ3) is 3.97. The summed E-state index contributed by atoms with van der Waals surface area (Å²) in [6.07, 6.45) is 1.40. The van der Waals surface area contributed by atoms with Crippen LogP contribution in [-0.2, 0) is 0 Å². The van der Waals surface area contributed by atoms with Crippen LogP contribution in [0.25, 0.3) is 0 Å². The Balaban J connectivity index is 2.83. The maximum absolute atomic E-state index is 2.31. The predicted octanol–water partition coefficient (Wildman–Crippen LogP) is 1.18. The van der Waals surface area contributed by atoms with Crippen LogP contribution in [0, 0.1) is 0 Å². The first-order valence-corrected chi connectivity index (χ1v) is 3.31. The van der Waals surface area contributed by atoms with Gasteiger partial charge in [0.25, 0.3) is 0 Å². The molecule has 0 radical (unpaired) electrons. The maximum Gasteiger partial charge on any atom is 0.119 e. The molecule has 0 aromatic heterocycles. The molecule has 0 aliphatic carbocycles. The number of rotatable bonds is 3. The van der Waals surface area contributed by atoms with Gasteiger partial charge in [0.2, 0.25) is 0 Å². The molecule has 2 heteroatoms. The first kappa shape index (κ1) is 7.13. The second-order valence-electron chi connectivity index (χ2n) is 2.30. The van der Waals surface area contributed by atoms with Crippen LogP contribution >= 0.6 is 0 Å². The molecule has 0 spiro atoms. The van der Waals surface area contributed by atoms with Crippen molar-refractivity contribution in [2.45, 2.75) is 32.7 Å². The van der Waals surface area contributed by atoms with Crippen molar-refractivity contribution in [3.63, 3.8) is 0 Å². The van der Waals surface area contributed by atoms with E-state index in [1.165, 1.54) is 20.9 Å². The Bertz CT molecular complexity index is 37.1. The van der Waals surface area contributed by atoms with Crippen molar-refractivity contribution < 1.29 is 0 Å². The lowest BCUT2D eigenvalue weighted by Crippen LogP contribution is -1.95. The second kappa shape index (κ2) is 4.29. The Morgan fingerprint density at radius 1 is 1.43 bits per heavy atom. The van der Waals surface area contributed by atoms with E-state index in [0.29, 0.717) is 0 Å². The van der Waals surface area contributed by atoms with Gasteiger partial charge in [-0.2, -0.15) is 0 Å². The largest absolute Gasteiger partial charge is 0.119 e. The highest BCUT2D eigenvalue weighted by atomic mass is 13.8. The minimum atomic E-state index is 0.949. The topological polar surface area (TPSA) is 0 Å². The molecule has 0 aliphatic heterocycles. The average Bonchev–Trinajstić information content (AvgIpc) is 1.68. The van der Waals surface area contributed by atoms with E-state index in [1.54, 1.807) is 0 Å². The molecule has 0 bridgehead atoms. The van der Waals surface area contributed by atoms with Gasteiger partial charge in [-0.1, -0.05) is 32.7 Å². The highest BCUT2D eigenvalue weighted by molar-refractivity contribution is 6.41. The quantitative estimate of drug-likeness (QED) is 0.462. The van der Waals surface area contributed by atoms with Crippen LogP contribution in [0.2, 0.25) is 25.8 Å². The van der Waals surface area contributed by atoms with Crippen LogP contribution in [0.15, 0.2) is 0 Å². The van der Waals surface area contributed by atoms with E-state index in [0.717, 1.165) is 5.82 Å². The Hall–Kier alpha value is 0.130. The van der Waals surface area contributed by atoms with E-state index in [1.807, 2.05) is 0 Å². The molecule has 0 aromatic rings. The molecule has 0 N–H and O–H groups in total. The smallest absolute Gasteiger partial charge is 0.0894 e. The average molecular weight is 95.8 g/mol. The van der Waals surface area contributed by atoms with Crippen molar-refractivity contribution in [1.82, 2.24) is 0 Å². The Morgan fingerprint density at radius 2 is 2.00 bits per heavy atom. The molecule has 40 valence electrons. The van der Waals surface area contributed by atoms with Crippen LogP contribution in [0.4, 0.5) is 0 Å². The summed E-state index contributed by atoms with van der Waals surface area (Å²) in [6.45, 7) is 6.80.